The predicted octanol–water partition coefficient (Wildman–Crippen LogP) is -0.405. The van der Waals surface area contributed by atoms with Crippen LogP contribution in [0.3, 0.4) is 0 Å². The number of anilines is 3. The highest BCUT2D eigenvalue weighted by molar-refractivity contribution is 5.92. The van der Waals surface area contributed by atoms with Gasteiger partial charge in [0.15, 0.2) is 5.65 Å². The number of nitrogens with zero attached hydrogens (tertiary/aromatic N) is 4. The highest BCUT2D eigenvalue weighted by Crippen LogP contribution is 2.28. The predicted molar refractivity (Wildman–Crippen MR) is 82.3 cm³/mol. The van der Waals surface area contributed by atoms with E-state index in [4.69, 9.17) is 15.9 Å². The number of rotatable bonds is 6. The maximum Gasteiger partial charge on any atom is 0.226 e. The number of hydrogen-bond acceptors (Lipinski definition) is 9. The molecule has 0 aromatic carbocycles. The third-order valence-corrected chi connectivity index (χ3v) is 3.03. The summed E-state index contributed by atoms with van der Waals surface area (Å²) in [6, 6.07) is 2.07. The molecule has 0 aliphatic rings. The number of hydrogen-bond donors (Lipinski definition) is 5. The Morgan fingerprint density at radius 2 is 1.82 bits per heavy atom. The highest BCUT2D eigenvalue weighted by Gasteiger charge is 2.16. The summed E-state index contributed by atoms with van der Waals surface area (Å²) in [5, 5.41) is 33.3. The fraction of sp³-hybridized carbons (Fsp3) is 0.385. The molecule has 2 heterocycles. The summed E-state index contributed by atoms with van der Waals surface area (Å²) in [5.41, 5.74) is 7.24. The van der Waals surface area contributed by atoms with Crippen molar-refractivity contribution >= 4 is 28.6 Å². The first-order valence-corrected chi connectivity index (χ1v) is 6.69. The first-order valence-electron chi connectivity index (χ1n) is 6.69. The van der Waals surface area contributed by atoms with Crippen LogP contribution < -0.4 is 16.4 Å². The molecule has 22 heavy (non-hydrogen) atoms. The summed E-state index contributed by atoms with van der Waals surface area (Å²) in [6.45, 7) is 2.15. The molecular weight excluding hydrogens is 286 g/mol. The first kappa shape index (κ1) is 15.7. The number of aryl methyl sites for hydroxylation is 1. The van der Waals surface area contributed by atoms with Gasteiger partial charge in [0.1, 0.15) is 17.7 Å². The molecule has 0 aliphatic carbocycles. The Bertz CT molecular complexity index is 727. The molecule has 0 saturated heterocycles. The standard InChI is InChI=1S/C13H17N7O2/c1-7-8(6-14)11(16-2-4-21)19-12-9(7)10(15)18-13(20-12)17-3-5-22/h21-22H,2-5H2,1H3,(H4,15,16,17,18,19,20). The maximum absolute atomic E-state index is 9.31. The van der Waals surface area contributed by atoms with E-state index < -0.39 is 0 Å². The van der Waals surface area contributed by atoms with Gasteiger partial charge in [0.25, 0.3) is 0 Å². The maximum atomic E-state index is 9.31. The Morgan fingerprint density at radius 1 is 1.14 bits per heavy atom. The average Bonchev–Trinajstić information content (AvgIpc) is 2.50. The minimum Gasteiger partial charge on any atom is -0.395 e. The van der Waals surface area contributed by atoms with Gasteiger partial charge in [-0.2, -0.15) is 15.2 Å². The smallest absolute Gasteiger partial charge is 0.226 e. The van der Waals surface area contributed by atoms with Gasteiger partial charge in [-0.25, -0.2) is 4.98 Å². The van der Waals surface area contributed by atoms with Crippen molar-refractivity contribution in [1.29, 1.82) is 5.26 Å². The van der Waals surface area contributed by atoms with Crippen LogP contribution >= 0.6 is 0 Å². The quantitative estimate of drug-likeness (QED) is 0.479. The minimum atomic E-state index is -0.0845. The van der Waals surface area contributed by atoms with Crippen molar-refractivity contribution in [3.05, 3.63) is 11.1 Å². The number of nitrogen functional groups attached to an aromatic ring is 1. The summed E-state index contributed by atoms with van der Waals surface area (Å²) >= 11 is 0. The van der Waals surface area contributed by atoms with E-state index in [0.29, 0.717) is 28.0 Å². The van der Waals surface area contributed by atoms with Gasteiger partial charge in [-0.05, 0) is 12.5 Å². The zero-order valence-electron chi connectivity index (χ0n) is 12.1. The molecule has 0 bridgehead atoms. The summed E-state index contributed by atoms with van der Waals surface area (Å²) < 4.78 is 0. The molecule has 116 valence electrons. The second kappa shape index (κ2) is 6.84. The largest absolute Gasteiger partial charge is 0.395 e. The molecule has 2 aromatic heterocycles. The van der Waals surface area contributed by atoms with E-state index in [0.717, 1.165) is 0 Å². The number of pyridine rings is 1. The lowest BCUT2D eigenvalue weighted by Crippen LogP contribution is -2.13. The molecule has 9 heteroatoms. The van der Waals surface area contributed by atoms with Crippen molar-refractivity contribution in [3.8, 4) is 6.07 Å². The Morgan fingerprint density at radius 3 is 2.45 bits per heavy atom. The average molecular weight is 303 g/mol. The molecule has 0 amide bonds. The lowest BCUT2D eigenvalue weighted by molar-refractivity contribution is 0.310. The van der Waals surface area contributed by atoms with E-state index in [1.54, 1.807) is 6.92 Å². The first-order chi connectivity index (χ1) is 10.6. The molecule has 0 aliphatic heterocycles. The molecule has 0 spiro atoms. The number of aliphatic hydroxyl groups is 2. The van der Waals surface area contributed by atoms with Crippen molar-refractivity contribution in [2.45, 2.75) is 6.92 Å². The molecule has 2 aromatic rings. The van der Waals surface area contributed by atoms with E-state index >= 15 is 0 Å². The van der Waals surface area contributed by atoms with Crippen LogP contribution in [-0.4, -0.2) is 51.5 Å². The lowest BCUT2D eigenvalue weighted by Gasteiger charge is -2.13. The Labute approximate surface area is 126 Å². The monoisotopic (exact) mass is 303 g/mol. The molecule has 9 nitrogen and oxygen atoms in total. The number of nitrogens with one attached hydrogen (secondary N) is 2. The van der Waals surface area contributed by atoms with Crippen LogP contribution in [0.4, 0.5) is 17.6 Å². The molecule has 0 fully saturated rings. The van der Waals surface area contributed by atoms with Crippen LogP contribution in [0.5, 0.6) is 0 Å². The van der Waals surface area contributed by atoms with Crippen LogP contribution in [-0.2, 0) is 0 Å². The Balaban J connectivity index is 2.60. The van der Waals surface area contributed by atoms with E-state index in [2.05, 4.69) is 31.7 Å². The van der Waals surface area contributed by atoms with Gasteiger partial charge in [-0.3, -0.25) is 0 Å². The van der Waals surface area contributed by atoms with Crippen molar-refractivity contribution in [3.63, 3.8) is 0 Å². The van der Waals surface area contributed by atoms with Crippen LogP contribution in [0.1, 0.15) is 11.1 Å². The van der Waals surface area contributed by atoms with Crippen molar-refractivity contribution < 1.29 is 10.2 Å². The molecule has 2 rings (SSSR count). The van der Waals surface area contributed by atoms with E-state index in [1.807, 2.05) is 0 Å². The van der Waals surface area contributed by atoms with Gasteiger partial charge in [-0.15, -0.1) is 0 Å². The fourth-order valence-corrected chi connectivity index (χ4v) is 2.06. The number of nitriles is 1. The van der Waals surface area contributed by atoms with Gasteiger partial charge < -0.3 is 26.6 Å². The number of aliphatic hydroxyl groups excluding tert-OH is 2. The fourth-order valence-electron chi connectivity index (χ4n) is 2.06. The summed E-state index contributed by atoms with van der Waals surface area (Å²) in [4.78, 5) is 12.6. The molecule has 0 unspecified atom stereocenters. The topological polar surface area (TPSA) is 153 Å². The molecule has 0 radical (unpaired) electrons. The van der Waals surface area contributed by atoms with Crippen LogP contribution in [0, 0.1) is 18.3 Å². The lowest BCUT2D eigenvalue weighted by atomic mass is 10.1. The second-order valence-corrected chi connectivity index (χ2v) is 4.50. The summed E-state index contributed by atoms with van der Waals surface area (Å²) in [5.74, 6) is 0.803. The van der Waals surface area contributed by atoms with Gasteiger partial charge in [0.05, 0.1) is 24.2 Å². The third kappa shape index (κ3) is 2.98. The van der Waals surface area contributed by atoms with E-state index in [-0.39, 0.29) is 38.1 Å². The molecule has 0 saturated carbocycles. The Kier molecular flexibility index (Phi) is 4.88. The number of aromatic nitrogens is 3. The van der Waals surface area contributed by atoms with Crippen LogP contribution in [0.25, 0.3) is 11.0 Å². The normalized spacial score (nSPS) is 10.5. The van der Waals surface area contributed by atoms with Gasteiger partial charge in [0, 0.05) is 13.1 Å². The molecule has 6 N–H and O–H groups in total. The second-order valence-electron chi connectivity index (χ2n) is 4.50. The third-order valence-electron chi connectivity index (χ3n) is 3.03. The van der Waals surface area contributed by atoms with Crippen LogP contribution in [0.2, 0.25) is 0 Å². The highest BCUT2D eigenvalue weighted by atomic mass is 16.3. The van der Waals surface area contributed by atoms with Gasteiger partial charge >= 0.3 is 0 Å². The zero-order valence-corrected chi connectivity index (χ0v) is 12.1. The molecular formula is C13H17N7O2. The van der Waals surface area contributed by atoms with Crippen molar-refractivity contribution in [1.82, 2.24) is 15.0 Å². The minimum absolute atomic E-state index is 0.0650. The number of nitrogens with two attached hydrogens (primary N) is 1. The van der Waals surface area contributed by atoms with Crippen molar-refractivity contribution in [2.24, 2.45) is 0 Å². The molecule has 0 atom stereocenters. The summed E-state index contributed by atoms with van der Waals surface area (Å²) in [7, 11) is 0. The summed E-state index contributed by atoms with van der Waals surface area (Å²) in [6.07, 6.45) is 0. The van der Waals surface area contributed by atoms with Crippen LogP contribution in [0.15, 0.2) is 0 Å². The van der Waals surface area contributed by atoms with Gasteiger partial charge in [-0.1, -0.05) is 0 Å². The zero-order chi connectivity index (χ0) is 16.1. The number of fused-ring (bicyclic) bond motifs is 1. The Hall–Kier alpha value is -2.70. The van der Waals surface area contributed by atoms with Crippen molar-refractivity contribution in [2.75, 3.05) is 42.7 Å². The SMILES string of the molecule is Cc1c(C#N)c(NCCO)nc2nc(NCCO)nc(N)c12. The van der Waals surface area contributed by atoms with Gasteiger partial charge in [0.2, 0.25) is 5.95 Å². The van der Waals surface area contributed by atoms with E-state index in [1.165, 1.54) is 0 Å². The van der Waals surface area contributed by atoms with E-state index in [9.17, 15) is 5.26 Å².